The second kappa shape index (κ2) is 15.6. The van der Waals surface area contributed by atoms with Crippen LogP contribution in [0.3, 0.4) is 0 Å². The molecule has 18 heteroatoms. The molecule has 278 valence electrons. The second-order valence-corrected chi connectivity index (χ2v) is 13.6. The molecule has 2 saturated carbocycles. The number of carbonyl (C=O) groups is 4. The summed E-state index contributed by atoms with van der Waals surface area (Å²) in [6.07, 6.45) is -0.929. The van der Waals surface area contributed by atoms with Crippen LogP contribution in [0.25, 0.3) is 0 Å². The number of rotatable bonds is 15. The molecule has 5 N–H and O–H groups in total. The van der Waals surface area contributed by atoms with Gasteiger partial charge in [-0.3, -0.25) is 14.4 Å². The summed E-state index contributed by atoms with van der Waals surface area (Å²) in [6, 6.07) is 11.0. The van der Waals surface area contributed by atoms with Crippen LogP contribution in [-0.2, 0) is 24.7 Å². The summed E-state index contributed by atoms with van der Waals surface area (Å²) in [5.74, 6) is -3.16. The topological polar surface area (TPSA) is 186 Å². The van der Waals surface area contributed by atoms with E-state index < -0.39 is 66.1 Å². The van der Waals surface area contributed by atoms with E-state index in [1.54, 1.807) is 12.1 Å². The van der Waals surface area contributed by atoms with Crippen LogP contribution in [0.4, 0.5) is 30.8 Å². The maximum Gasteiger partial charge on any atom is 0.422 e. The zero-order chi connectivity index (χ0) is 37.7. The molecular formula is C34H38ClF3N8O6. The predicted octanol–water partition coefficient (Wildman–Crippen LogP) is 4.39. The highest BCUT2D eigenvalue weighted by Crippen LogP contribution is 2.48. The van der Waals surface area contributed by atoms with Gasteiger partial charge in [-0.05, 0) is 80.0 Å². The summed E-state index contributed by atoms with van der Waals surface area (Å²) in [5.41, 5.74) is 0.401. The molecule has 0 aliphatic heterocycles. The van der Waals surface area contributed by atoms with Crippen molar-refractivity contribution in [2.45, 2.75) is 69.2 Å². The number of benzene rings is 2. The zero-order valence-electron chi connectivity index (χ0n) is 28.5. The van der Waals surface area contributed by atoms with E-state index in [-0.39, 0.29) is 17.5 Å². The van der Waals surface area contributed by atoms with Crippen LogP contribution in [0.2, 0.25) is 5.02 Å². The van der Waals surface area contributed by atoms with E-state index in [0.29, 0.717) is 29.5 Å². The molecule has 0 saturated heterocycles. The number of nitrogens with zero attached hydrogens (tertiary/aromatic N) is 3. The lowest BCUT2D eigenvalue weighted by Crippen LogP contribution is -2.52. The molecular weight excluding hydrogens is 709 g/mol. The SMILES string of the molecule is COC(=O)[C@H](CNC(=O)C(=O)NC1(CC(C)C)CC1)NC(=O)c1ccc(Nc2nc(NC3(c4ccc(Cl)cc4)CC3)nc(OCC(F)(F)F)n2)cc1. The van der Waals surface area contributed by atoms with Gasteiger partial charge in [0.05, 0.1) is 12.6 Å². The Kier molecular flexibility index (Phi) is 11.4. The van der Waals surface area contributed by atoms with Crippen molar-refractivity contribution in [1.29, 1.82) is 0 Å². The number of hydrogen-bond donors (Lipinski definition) is 5. The number of anilines is 3. The van der Waals surface area contributed by atoms with E-state index in [9.17, 15) is 32.3 Å². The number of carbonyl (C=O) groups excluding carboxylic acids is 4. The van der Waals surface area contributed by atoms with Crippen LogP contribution in [0.1, 0.15) is 61.9 Å². The van der Waals surface area contributed by atoms with Gasteiger partial charge in [0, 0.05) is 28.4 Å². The van der Waals surface area contributed by atoms with Gasteiger partial charge >= 0.3 is 30.0 Å². The number of halogens is 4. The Labute approximate surface area is 302 Å². The lowest BCUT2D eigenvalue weighted by molar-refractivity contribution is -0.154. The van der Waals surface area contributed by atoms with E-state index in [2.05, 4.69) is 41.5 Å². The summed E-state index contributed by atoms with van der Waals surface area (Å²) in [7, 11) is 1.11. The van der Waals surface area contributed by atoms with Gasteiger partial charge in [-0.1, -0.05) is 37.6 Å². The van der Waals surface area contributed by atoms with Crippen molar-refractivity contribution in [3.05, 3.63) is 64.7 Å². The fraction of sp³-hybridized carbons (Fsp3) is 0.441. The molecule has 14 nitrogen and oxygen atoms in total. The van der Waals surface area contributed by atoms with Crippen LogP contribution < -0.4 is 31.3 Å². The number of ether oxygens (including phenoxy) is 2. The number of amides is 3. The molecule has 2 aromatic carbocycles. The first-order valence-electron chi connectivity index (χ1n) is 16.4. The van der Waals surface area contributed by atoms with Crippen molar-refractivity contribution in [2.75, 3.05) is 30.9 Å². The van der Waals surface area contributed by atoms with Crippen LogP contribution in [0, 0.1) is 5.92 Å². The Balaban J connectivity index is 1.23. The third-order valence-corrected chi connectivity index (χ3v) is 8.63. The van der Waals surface area contributed by atoms with Gasteiger partial charge in [0.2, 0.25) is 11.9 Å². The fourth-order valence-electron chi connectivity index (χ4n) is 5.57. The summed E-state index contributed by atoms with van der Waals surface area (Å²) < 4.78 is 48.4. The third kappa shape index (κ3) is 10.4. The molecule has 2 fully saturated rings. The highest BCUT2D eigenvalue weighted by molar-refractivity contribution is 6.35. The molecule has 1 aromatic heterocycles. The Bertz CT molecular complexity index is 1790. The molecule has 3 amide bonds. The number of aromatic nitrogens is 3. The van der Waals surface area contributed by atoms with Crippen LogP contribution in [0.5, 0.6) is 6.01 Å². The first-order chi connectivity index (χ1) is 24.6. The molecule has 5 rings (SSSR count). The molecule has 1 heterocycles. The Morgan fingerprint density at radius 3 is 2.13 bits per heavy atom. The molecule has 1 atom stereocenters. The number of esters is 1. The van der Waals surface area contributed by atoms with Gasteiger partial charge in [0.15, 0.2) is 6.61 Å². The highest BCUT2D eigenvalue weighted by Gasteiger charge is 2.46. The molecule has 52 heavy (non-hydrogen) atoms. The van der Waals surface area contributed by atoms with Gasteiger partial charge in [-0.2, -0.15) is 28.1 Å². The van der Waals surface area contributed by atoms with Crippen molar-refractivity contribution >= 4 is 52.9 Å². The molecule has 0 bridgehead atoms. The van der Waals surface area contributed by atoms with Gasteiger partial charge in [0.1, 0.15) is 6.04 Å². The smallest absolute Gasteiger partial charge is 0.422 e. The lowest BCUT2D eigenvalue weighted by Gasteiger charge is -2.20. The number of alkyl halides is 3. The van der Waals surface area contributed by atoms with Gasteiger partial charge in [-0.25, -0.2) is 4.79 Å². The molecule has 2 aliphatic carbocycles. The average molecular weight is 747 g/mol. The Hall–Kier alpha value is -5.19. The minimum Gasteiger partial charge on any atom is -0.467 e. The zero-order valence-corrected chi connectivity index (χ0v) is 29.3. The summed E-state index contributed by atoms with van der Waals surface area (Å²) in [6.45, 7) is 2.01. The van der Waals surface area contributed by atoms with E-state index in [4.69, 9.17) is 21.1 Å². The molecule has 3 aromatic rings. The van der Waals surface area contributed by atoms with Gasteiger partial charge < -0.3 is 36.1 Å². The minimum absolute atomic E-state index is 0.0286. The normalized spacial score (nSPS) is 15.8. The summed E-state index contributed by atoms with van der Waals surface area (Å²) in [5, 5.41) is 14.2. The van der Waals surface area contributed by atoms with Crippen molar-refractivity contribution in [3.8, 4) is 6.01 Å². The van der Waals surface area contributed by atoms with E-state index in [1.807, 2.05) is 26.0 Å². The Morgan fingerprint density at radius 1 is 0.904 bits per heavy atom. The first kappa shape index (κ1) is 38.1. The monoisotopic (exact) mass is 746 g/mol. The van der Waals surface area contributed by atoms with Crippen LogP contribution in [-0.4, -0.2) is 76.7 Å². The Morgan fingerprint density at radius 2 is 1.56 bits per heavy atom. The average Bonchev–Trinajstić information content (AvgIpc) is 4.03. The third-order valence-electron chi connectivity index (χ3n) is 8.38. The number of methoxy groups -OCH3 is 1. The molecule has 0 unspecified atom stereocenters. The summed E-state index contributed by atoms with van der Waals surface area (Å²) in [4.78, 5) is 62.8. The summed E-state index contributed by atoms with van der Waals surface area (Å²) >= 11 is 6.02. The van der Waals surface area contributed by atoms with E-state index in [0.717, 1.165) is 31.9 Å². The van der Waals surface area contributed by atoms with Crippen LogP contribution >= 0.6 is 11.6 Å². The lowest BCUT2D eigenvalue weighted by atomic mass is 10.0. The van der Waals surface area contributed by atoms with Crippen LogP contribution in [0.15, 0.2) is 48.5 Å². The van der Waals surface area contributed by atoms with Gasteiger partial charge in [0.25, 0.3) is 5.91 Å². The first-order valence-corrected chi connectivity index (χ1v) is 16.8. The maximum atomic E-state index is 13.1. The predicted molar refractivity (Wildman–Crippen MR) is 183 cm³/mol. The molecule has 0 radical (unpaired) electrons. The maximum absolute atomic E-state index is 13.1. The standard InChI is InChI=1S/C34H38ClF3N8O6/c1-19(2)16-32(12-13-32)45-27(49)26(48)39-17-24(28(50)51-3)41-25(47)20-4-10-23(11-5-20)40-29-42-30(44-31(43-29)52-18-34(36,37)38)46-33(14-15-33)21-6-8-22(35)9-7-21/h4-11,19,24H,12-18H2,1-3H3,(H,39,48)(H,41,47)(H,45,49)(H2,40,42,43,44,46)/t24-/m0/s1. The highest BCUT2D eigenvalue weighted by atomic mass is 35.5. The minimum atomic E-state index is -4.63. The number of nitrogens with one attached hydrogen (secondary N) is 5. The van der Waals surface area contributed by atoms with E-state index >= 15 is 0 Å². The van der Waals surface area contributed by atoms with Crippen molar-refractivity contribution in [2.24, 2.45) is 5.92 Å². The van der Waals surface area contributed by atoms with Crippen molar-refractivity contribution in [1.82, 2.24) is 30.9 Å². The van der Waals surface area contributed by atoms with Crippen molar-refractivity contribution in [3.63, 3.8) is 0 Å². The van der Waals surface area contributed by atoms with Gasteiger partial charge in [-0.15, -0.1) is 0 Å². The van der Waals surface area contributed by atoms with Crippen molar-refractivity contribution < 1.29 is 41.8 Å². The molecule has 2 aliphatic rings. The number of hydrogen-bond acceptors (Lipinski definition) is 11. The van der Waals surface area contributed by atoms with E-state index in [1.165, 1.54) is 24.3 Å². The largest absolute Gasteiger partial charge is 0.467 e. The fourth-order valence-corrected chi connectivity index (χ4v) is 5.70. The second-order valence-electron chi connectivity index (χ2n) is 13.2. The molecule has 0 spiro atoms. The quantitative estimate of drug-likeness (QED) is 0.110.